The smallest absolute Gasteiger partial charge is 0.266 e. The van der Waals surface area contributed by atoms with Gasteiger partial charge in [-0.2, -0.15) is 5.26 Å². The van der Waals surface area contributed by atoms with Crippen molar-refractivity contribution in [3.8, 4) is 6.07 Å². The number of benzene rings is 2. The molecule has 1 heterocycles. The third-order valence-corrected chi connectivity index (χ3v) is 4.45. The Kier molecular flexibility index (Phi) is 5.19. The molecule has 0 unspecified atom stereocenters. The van der Waals surface area contributed by atoms with Crippen molar-refractivity contribution in [1.82, 2.24) is 4.98 Å². The minimum absolute atomic E-state index is 0.0461. The largest absolute Gasteiger partial charge is 0.310 e. The zero-order valence-corrected chi connectivity index (χ0v) is 14.4. The molecule has 5 nitrogen and oxygen atoms in total. The van der Waals surface area contributed by atoms with E-state index in [0.29, 0.717) is 19.9 Å². The first kappa shape index (κ1) is 16.8. The number of H-pyrrole nitrogens is 1. The number of azo groups is 1. The summed E-state index contributed by atoms with van der Waals surface area (Å²) in [6, 6.07) is 18.2. The van der Waals surface area contributed by atoms with Crippen LogP contribution in [-0.2, 0) is 0 Å². The second-order valence-corrected chi connectivity index (χ2v) is 6.43. The van der Waals surface area contributed by atoms with E-state index in [-0.39, 0.29) is 11.3 Å². The summed E-state index contributed by atoms with van der Waals surface area (Å²) < 4.78 is 0.864. The quantitative estimate of drug-likeness (QED) is 0.721. The van der Waals surface area contributed by atoms with Crippen LogP contribution in [0, 0.1) is 11.3 Å². The average Bonchev–Trinajstić information content (AvgIpc) is 2.98. The molecule has 25 heavy (non-hydrogen) atoms. The minimum atomic E-state index is -0.265. The molecule has 1 N–H and O–H groups in total. The van der Waals surface area contributed by atoms with Crippen molar-refractivity contribution in [2.45, 2.75) is 0 Å². The fraction of sp³-hybridized carbons (Fsp3) is 0. The van der Waals surface area contributed by atoms with Gasteiger partial charge in [0.25, 0.3) is 5.56 Å². The summed E-state index contributed by atoms with van der Waals surface area (Å²) in [7, 11) is 0. The third-order valence-electron chi connectivity index (χ3n) is 3.17. The first-order valence-corrected chi connectivity index (χ1v) is 8.43. The fourth-order valence-electron chi connectivity index (χ4n) is 1.98. The highest BCUT2D eigenvalue weighted by molar-refractivity contribution is 7.07. The molecule has 122 valence electrons. The van der Waals surface area contributed by atoms with Gasteiger partial charge in [0.1, 0.15) is 10.7 Å². The van der Waals surface area contributed by atoms with E-state index >= 15 is 0 Å². The molecule has 3 aromatic rings. The normalized spacial score (nSPS) is 13.0. The molecule has 0 aliphatic rings. The predicted molar refractivity (Wildman–Crippen MR) is 99.2 cm³/mol. The number of hydrogen-bond acceptors (Lipinski definition) is 5. The van der Waals surface area contributed by atoms with Crippen LogP contribution in [0.3, 0.4) is 0 Å². The summed E-state index contributed by atoms with van der Waals surface area (Å²) in [5.41, 5.74) is 1.25. The van der Waals surface area contributed by atoms with Crippen molar-refractivity contribution in [2.24, 2.45) is 10.2 Å². The Morgan fingerprint density at radius 3 is 2.56 bits per heavy atom. The lowest BCUT2D eigenvalue weighted by atomic mass is 10.2. The number of thiazole rings is 1. The van der Waals surface area contributed by atoms with E-state index in [1.165, 1.54) is 11.3 Å². The van der Waals surface area contributed by atoms with Crippen molar-refractivity contribution >= 4 is 40.4 Å². The fourth-order valence-corrected chi connectivity index (χ4v) is 3.00. The maximum atomic E-state index is 12.1. The molecule has 7 heteroatoms. The number of nitrogens with zero attached hydrogens (tertiary/aromatic N) is 3. The van der Waals surface area contributed by atoms with Gasteiger partial charge in [0, 0.05) is 5.02 Å². The van der Waals surface area contributed by atoms with Crippen LogP contribution in [0.5, 0.6) is 0 Å². The van der Waals surface area contributed by atoms with Gasteiger partial charge in [0.2, 0.25) is 0 Å². The van der Waals surface area contributed by atoms with Gasteiger partial charge in [0.05, 0.1) is 10.2 Å². The van der Waals surface area contributed by atoms with Crippen LogP contribution < -0.4 is 14.8 Å². The van der Waals surface area contributed by atoms with Crippen molar-refractivity contribution in [1.29, 1.82) is 5.26 Å². The Bertz CT molecular complexity index is 1120. The molecular weight excluding hydrogens is 356 g/mol. The molecule has 0 amide bonds. The standard InChI is InChI=1S/C18H11ClN4OS/c19-13-6-8-14(9-7-13)22-23-15(11-20)18-21-17(24)16(25-18)10-12-4-2-1-3-5-12/h1-10H,(H,21,24)/b16-10+,18-15+,23-22?. The van der Waals surface area contributed by atoms with E-state index in [1.807, 2.05) is 36.4 Å². The van der Waals surface area contributed by atoms with Gasteiger partial charge >= 0.3 is 0 Å². The van der Waals surface area contributed by atoms with Crippen LogP contribution in [0.4, 0.5) is 5.69 Å². The van der Waals surface area contributed by atoms with Gasteiger partial charge in [-0.15, -0.1) is 21.6 Å². The van der Waals surface area contributed by atoms with Crippen LogP contribution in [0.1, 0.15) is 5.56 Å². The van der Waals surface area contributed by atoms with Gasteiger partial charge in [-0.3, -0.25) is 4.79 Å². The van der Waals surface area contributed by atoms with E-state index in [2.05, 4.69) is 15.2 Å². The number of aromatic nitrogens is 1. The summed E-state index contributed by atoms with van der Waals surface area (Å²) >= 11 is 6.98. The molecule has 2 aromatic carbocycles. The Hall–Kier alpha value is -3.01. The summed E-state index contributed by atoms with van der Waals surface area (Å²) in [5, 5.41) is 17.8. The number of nitrogens with one attached hydrogen (secondary N) is 1. The number of hydrogen-bond donors (Lipinski definition) is 1. The number of nitriles is 1. The molecule has 0 saturated heterocycles. The zero-order chi connectivity index (χ0) is 17.6. The Balaban J connectivity index is 2.02. The number of rotatable bonds is 3. The predicted octanol–water partition coefficient (Wildman–Crippen LogP) is 3.33. The van der Waals surface area contributed by atoms with E-state index in [1.54, 1.807) is 30.3 Å². The van der Waals surface area contributed by atoms with E-state index in [4.69, 9.17) is 11.6 Å². The molecule has 0 atom stereocenters. The van der Waals surface area contributed by atoms with Gasteiger partial charge < -0.3 is 4.98 Å². The Morgan fingerprint density at radius 1 is 1.16 bits per heavy atom. The molecule has 0 saturated carbocycles. The van der Waals surface area contributed by atoms with Crippen LogP contribution in [0.25, 0.3) is 11.8 Å². The zero-order valence-electron chi connectivity index (χ0n) is 12.8. The van der Waals surface area contributed by atoms with Gasteiger partial charge in [-0.05, 0) is 35.9 Å². The molecule has 0 radical (unpaired) electrons. The van der Waals surface area contributed by atoms with Gasteiger partial charge in [0.15, 0.2) is 5.70 Å². The first-order valence-electron chi connectivity index (χ1n) is 7.23. The monoisotopic (exact) mass is 366 g/mol. The molecule has 0 bridgehead atoms. The third kappa shape index (κ3) is 4.29. The molecule has 3 rings (SSSR count). The van der Waals surface area contributed by atoms with Gasteiger partial charge in [-0.25, -0.2) is 0 Å². The molecule has 0 aliphatic carbocycles. The highest BCUT2D eigenvalue weighted by Gasteiger charge is 2.02. The highest BCUT2D eigenvalue weighted by Crippen LogP contribution is 2.17. The maximum absolute atomic E-state index is 12.1. The van der Waals surface area contributed by atoms with Crippen molar-refractivity contribution in [2.75, 3.05) is 0 Å². The van der Waals surface area contributed by atoms with E-state index < -0.39 is 0 Å². The van der Waals surface area contributed by atoms with Crippen molar-refractivity contribution < 1.29 is 0 Å². The summed E-state index contributed by atoms with van der Waals surface area (Å²) in [6.45, 7) is 0. The number of halogens is 1. The lowest BCUT2D eigenvalue weighted by Crippen LogP contribution is -2.20. The second-order valence-electron chi connectivity index (χ2n) is 4.94. The molecular formula is C18H11ClN4OS. The first-order chi connectivity index (χ1) is 12.2. The van der Waals surface area contributed by atoms with Crippen molar-refractivity contribution in [3.63, 3.8) is 0 Å². The molecule has 0 fully saturated rings. The second kappa shape index (κ2) is 7.71. The van der Waals surface area contributed by atoms with Crippen LogP contribution >= 0.6 is 22.9 Å². The lowest BCUT2D eigenvalue weighted by Gasteiger charge is -1.91. The SMILES string of the molecule is N#C/C(N=Nc1ccc(Cl)cc1)=c1/[nH]c(=O)/c(=C\c2ccccc2)s1. The maximum Gasteiger partial charge on any atom is 0.266 e. The summed E-state index contributed by atoms with van der Waals surface area (Å²) in [4.78, 5) is 14.7. The van der Waals surface area contributed by atoms with Gasteiger partial charge in [-0.1, -0.05) is 41.9 Å². The Morgan fingerprint density at radius 2 is 1.88 bits per heavy atom. The van der Waals surface area contributed by atoms with Crippen LogP contribution in [-0.4, -0.2) is 4.98 Å². The molecule has 1 aromatic heterocycles. The summed E-state index contributed by atoms with van der Waals surface area (Å²) in [6.07, 6.45) is 1.76. The lowest BCUT2D eigenvalue weighted by molar-refractivity contribution is 1.19. The minimum Gasteiger partial charge on any atom is -0.310 e. The molecule has 0 spiro atoms. The van der Waals surface area contributed by atoms with Crippen molar-refractivity contribution in [3.05, 3.63) is 84.7 Å². The highest BCUT2D eigenvalue weighted by atomic mass is 35.5. The summed E-state index contributed by atoms with van der Waals surface area (Å²) in [5.74, 6) is 0. The van der Waals surface area contributed by atoms with E-state index in [0.717, 1.165) is 5.56 Å². The molecule has 0 aliphatic heterocycles. The van der Waals surface area contributed by atoms with E-state index in [9.17, 15) is 10.1 Å². The topological polar surface area (TPSA) is 81.4 Å². The average molecular weight is 367 g/mol. The van der Waals surface area contributed by atoms with Crippen LogP contribution in [0.15, 0.2) is 69.6 Å². The number of aromatic amines is 1. The van der Waals surface area contributed by atoms with Crippen LogP contribution in [0.2, 0.25) is 5.02 Å². The Labute approximate surface area is 151 Å².